The molecule has 0 fully saturated rings. The van der Waals surface area contributed by atoms with Crippen LogP contribution < -0.4 is 5.32 Å². The number of benzene rings is 1. The molecule has 20 heavy (non-hydrogen) atoms. The van der Waals surface area contributed by atoms with Gasteiger partial charge in [0.1, 0.15) is 0 Å². The molecule has 0 radical (unpaired) electrons. The molecule has 0 spiro atoms. The number of amides is 1. The SMILES string of the molecule is CN(C)Cc1cc(NC(=O)c2ccc(C#N)cc2)n[nH]1. The van der Waals surface area contributed by atoms with Crippen LogP contribution >= 0.6 is 0 Å². The summed E-state index contributed by atoms with van der Waals surface area (Å²) in [6, 6.07) is 10.2. The molecule has 0 aliphatic carbocycles. The maximum Gasteiger partial charge on any atom is 0.256 e. The molecule has 6 heteroatoms. The van der Waals surface area contributed by atoms with Crippen LogP contribution in [0.2, 0.25) is 0 Å². The van der Waals surface area contributed by atoms with Crippen LogP contribution in [0.3, 0.4) is 0 Å². The minimum atomic E-state index is -0.252. The van der Waals surface area contributed by atoms with Crippen molar-refractivity contribution in [1.29, 1.82) is 5.26 Å². The fraction of sp³-hybridized carbons (Fsp3) is 0.214. The molecule has 0 aliphatic rings. The zero-order chi connectivity index (χ0) is 14.5. The van der Waals surface area contributed by atoms with Gasteiger partial charge < -0.3 is 10.2 Å². The number of rotatable bonds is 4. The van der Waals surface area contributed by atoms with Crippen molar-refractivity contribution in [3.05, 3.63) is 47.2 Å². The molecule has 1 heterocycles. The first-order chi connectivity index (χ1) is 9.58. The molecule has 1 amide bonds. The molecular formula is C14H15N5O. The second-order valence-electron chi connectivity index (χ2n) is 4.66. The number of nitrogens with one attached hydrogen (secondary N) is 2. The standard InChI is InChI=1S/C14H15N5O/c1-19(2)9-12-7-13(18-17-12)16-14(20)11-5-3-10(8-15)4-6-11/h3-7H,9H2,1-2H3,(H2,16,17,18,20). The lowest BCUT2D eigenvalue weighted by molar-refractivity contribution is 0.102. The van der Waals surface area contributed by atoms with E-state index >= 15 is 0 Å². The van der Waals surface area contributed by atoms with Gasteiger partial charge in [0.25, 0.3) is 5.91 Å². The average Bonchev–Trinajstić information content (AvgIpc) is 2.85. The second kappa shape index (κ2) is 5.99. The van der Waals surface area contributed by atoms with Gasteiger partial charge in [0.2, 0.25) is 0 Å². The number of H-pyrrole nitrogens is 1. The molecule has 6 nitrogen and oxygen atoms in total. The van der Waals surface area contributed by atoms with E-state index in [2.05, 4.69) is 15.5 Å². The van der Waals surface area contributed by atoms with Crippen molar-refractivity contribution in [3.63, 3.8) is 0 Å². The maximum absolute atomic E-state index is 12.0. The van der Waals surface area contributed by atoms with Gasteiger partial charge in [-0.2, -0.15) is 10.4 Å². The third-order valence-electron chi connectivity index (χ3n) is 2.64. The van der Waals surface area contributed by atoms with E-state index in [4.69, 9.17) is 5.26 Å². The first-order valence-corrected chi connectivity index (χ1v) is 6.09. The summed E-state index contributed by atoms with van der Waals surface area (Å²) in [7, 11) is 3.91. The van der Waals surface area contributed by atoms with Gasteiger partial charge >= 0.3 is 0 Å². The topological polar surface area (TPSA) is 84.8 Å². The summed E-state index contributed by atoms with van der Waals surface area (Å²) in [6.45, 7) is 0.722. The highest BCUT2D eigenvalue weighted by molar-refractivity contribution is 6.03. The monoisotopic (exact) mass is 269 g/mol. The summed E-state index contributed by atoms with van der Waals surface area (Å²) in [5.41, 5.74) is 1.93. The number of nitriles is 1. The highest BCUT2D eigenvalue weighted by Crippen LogP contribution is 2.10. The lowest BCUT2D eigenvalue weighted by Crippen LogP contribution is -2.12. The largest absolute Gasteiger partial charge is 0.305 e. The molecule has 0 atom stereocenters. The fourth-order valence-corrected chi connectivity index (χ4v) is 1.73. The van der Waals surface area contributed by atoms with Crippen LogP contribution in [-0.4, -0.2) is 35.1 Å². The molecule has 0 saturated heterocycles. The maximum atomic E-state index is 12.0. The second-order valence-corrected chi connectivity index (χ2v) is 4.66. The summed E-state index contributed by atoms with van der Waals surface area (Å²) in [6.07, 6.45) is 0. The molecule has 0 unspecified atom stereocenters. The minimum Gasteiger partial charge on any atom is -0.305 e. The third kappa shape index (κ3) is 3.43. The lowest BCUT2D eigenvalue weighted by atomic mass is 10.1. The van der Waals surface area contributed by atoms with E-state index in [1.165, 1.54) is 0 Å². The third-order valence-corrected chi connectivity index (χ3v) is 2.64. The van der Waals surface area contributed by atoms with Gasteiger partial charge in [0.05, 0.1) is 17.3 Å². The Morgan fingerprint density at radius 2 is 2.10 bits per heavy atom. The van der Waals surface area contributed by atoms with Crippen LogP contribution in [0.1, 0.15) is 21.6 Å². The first-order valence-electron chi connectivity index (χ1n) is 6.09. The number of carbonyl (C=O) groups excluding carboxylic acids is 1. The first kappa shape index (κ1) is 13.8. The zero-order valence-corrected chi connectivity index (χ0v) is 11.3. The van der Waals surface area contributed by atoms with E-state index < -0.39 is 0 Å². The quantitative estimate of drug-likeness (QED) is 0.882. The summed E-state index contributed by atoms with van der Waals surface area (Å²) in [5.74, 6) is 0.230. The molecule has 1 aromatic carbocycles. The smallest absolute Gasteiger partial charge is 0.256 e. The summed E-state index contributed by atoms with van der Waals surface area (Å²) in [4.78, 5) is 14.0. The van der Waals surface area contributed by atoms with Gasteiger partial charge in [-0.05, 0) is 38.4 Å². The number of carbonyl (C=O) groups is 1. The van der Waals surface area contributed by atoms with Gasteiger partial charge in [-0.15, -0.1) is 0 Å². The fourth-order valence-electron chi connectivity index (χ4n) is 1.73. The molecule has 2 N–H and O–H groups in total. The van der Waals surface area contributed by atoms with Gasteiger partial charge in [0, 0.05) is 18.2 Å². The molecule has 2 aromatic rings. The minimum absolute atomic E-state index is 0.252. The van der Waals surface area contributed by atoms with Crippen molar-refractivity contribution < 1.29 is 4.79 Å². The Hall–Kier alpha value is -2.65. The van der Waals surface area contributed by atoms with Crippen LogP contribution in [0.4, 0.5) is 5.82 Å². The van der Waals surface area contributed by atoms with Crippen LogP contribution in [0.5, 0.6) is 0 Å². The van der Waals surface area contributed by atoms with Crippen molar-refractivity contribution in [3.8, 4) is 6.07 Å². The van der Waals surface area contributed by atoms with Gasteiger partial charge in [0.15, 0.2) is 5.82 Å². The van der Waals surface area contributed by atoms with Gasteiger partial charge in [-0.3, -0.25) is 9.89 Å². The summed E-state index contributed by atoms with van der Waals surface area (Å²) < 4.78 is 0. The van der Waals surface area contributed by atoms with Crippen LogP contribution in [0, 0.1) is 11.3 Å². The van der Waals surface area contributed by atoms with E-state index in [-0.39, 0.29) is 5.91 Å². The van der Waals surface area contributed by atoms with E-state index in [0.29, 0.717) is 16.9 Å². The zero-order valence-electron chi connectivity index (χ0n) is 11.3. The van der Waals surface area contributed by atoms with Crippen molar-refractivity contribution in [1.82, 2.24) is 15.1 Å². The Morgan fingerprint density at radius 1 is 1.40 bits per heavy atom. The highest BCUT2D eigenvalue weighted by Gasteiger charge is 2.09. The molecule has 0 saturated carbocycles. The predicted octanol–water partition coefficient (Wildman–Crippen LogP) is 1.60. The Labute approximate surface area is 117 Å². The van der Waals surface area contributed by atoms with E-state index in [1.807, 2.05) is 25.1 Å². The van der Waals surface area contributed by atoms with E-state index in [9.17, 15) is 4.79 Å². The van der Waals surface area contributed by atoms with Gasteiger partial charge in [-0.1, -0.05) is 0 Å². The number of aromatic amines is 1. The Balaban J connectivity index is 2.03. The van der Waals surface area contributed by atoms with Crippen LogP contribution in [0.25, 0.3) is 0 Å². The normalized spacial score (nSPS) is 10.3. The number of anilines is 1. The van der Waals surface area contributed by atoms with Crippen LogP contribution in [0.15, 0.2) is 30.3 Å². The van der Waals surface area contributed by atoms with Crippen molar-refractivity contribution in [2.24, 2.45) is 0 Å². The Bertz CT molecular complexity index is 636. The molecule has 0 aliphatic heterocycles. The molecule has 102 valence electrons. The van der Waals surface area contributed by atoms with Crippen molar-refractivity contribution >= 4 is 11.7 Å². The molecule has 1 aromatic heterocycles. The predicted molar refractivity (Wildman–Crippen MR) is 75.1 cm³/mol. The number of aromatic nitrogens is 2. The number of hydrogen-bond acceptors (Lipinski definition) is 4. The summed E-state index contributed by atoms with van der Waals surface area (Å²) >= 11 is 0. The highest BCUT2D eigenvalue weighted by atomic mass is 16.1. The molecular weight excluding hydrogens is 254 g/mol. The summed E-state index contributed by atoms with van der Waals surface area (Å²) in [5, 5.41) is 18.3. The average molecular weight is 269 g/mol. The Morgan fingerprint density at radius 3 is 2.70 bits per heavy atom. The van der Waals surface area contributed by atoms with Crippen LogP contribution in [-0.2, 0) is 6.54 Å². The van der Waals surface area contributed by atoms with Crippen molar-refractivity contribution in [2.75, 3.05) is 19.4 Å². The molecule has 0 bridgehead atoms. The van der Waals surface area contributed by atoms with E-state index in [1.54, 1.807) is 30.3 Å². The number of hydrogen-bond donors (Lipinski definition) is 2. The van der Waals surface area contributed by atoms with Crippen molar-refractivity contribution in [2.45, 2.75) is 6.54 Å². The van der Waals surface area contributed by atoms with Gasteiger partial charge in [-0.25, -0.2) is 0 Å². The number of nitrogens with zero attached hydrogens (tertiary/aromatic N) is 3. The molecule has 2 rings (SSSR count). The Kier molecular flexibility index (Phi) is 4.13. The lowest BCUT2D eigenvalue weighted by Gasteiger charge is -2.05. The van der Waals surface area contributed by atoms with E-state index in [0.717, 1.165) is 12.2 Å².